The standard InChI is InChI=1S/C35H37N5O4S/c1-23(2)29-33(44)40(28(26-14-10-7-11-15-26)21-39(29)32(43)27-16-18-36-19-17-27)35(38-24(3)41,20-25-12-8-6-9-13-25)30(42)31-37-22-34(4,5)45-31/h6-19,21,23,29H,20,22H2,1-5H3,(H,38,41)/t29-,35+/m1/s1. The number of ketones is 1. The SMILES string of the molecule is CC(=O)N[C@](Cc1ccccc1)(C(=O)C1=NCC(C)(C)S1)N1C(=O)[C@@H](C(C)C)N(C(=O)c2ccncc2)C=C1c1ccccc1. The van der Waals surface area contributed by atoms with Crippen LogP contribution in [0.25, 0.3) is 5.70 Å². The van der Waals surface area contributed by atoms with Gasteiger partial charge in [0.15, 0.2) is 5.66 Å². The van der Waals surface area contributed by atoms with Crippen LogP contribution in [0, 0.1) is 5.92 Å². The lowest BCUT2D eigenvalue weighted by Gasteiger charge is -2.49. The normalized spacial score (nSPS) is 19.1. The van der Waals surface area contributed by atoms with Crippen molar-refractivity contribution >= 4 is 46.0 Å². The van der Waals surface area contributed by atoms with Crippen LogP contribution in [0.3, 0.4) is 0 Å². The number of nitrogens with zero attached hydrogens (tertiary/aromatic N) is 4. The van der Waals surface area contributed by atoms with Crippen LogP contribution in [0.1, 0.15) is 56.1 Å². The molecule has 0 aliphatic carbocycles. The lowest BCUT2D eigenvalue weighted by atomic mass is 9.87. The van der Waals surface area contributed by atoms with Gasteiger partial charge in [0, 0.05) is 42.2 Å². The molecule has 1 aromatic heterocycles. The molecule has 10 heteroatoms. The van der Waals surface area contributed by atoms with Gasteiger partial charge in [-0.2, -0.15) is 0 Å². The molecule has 0 bridgehead atoms. The highest BCUT2D eigenvalue weighted by Gasteiger charge is 2.56. The quantitative estimate of drug-likeness (QED) is 0.361. The van der Waals surface area contributed by atoms with Crippen molar-refractivity contribution in [1.29, 1.82) is 0 Å². The Hall–Kier alpha value is -4.57. The highest BCUT2D eigenvalue weighted by atomic mass is 32.2. The van der Waals surface area contributed by atoms with Crippen LogP contribution < -0.4 is 5.32 Å². The van der Waals surface area contributed by atoms with E-state index in [4.69, 9.17) is 0 Å². The summed E-state index contributed by atoms with van der Waals surface area (Å²) < 4.78 is -0.335. The number of hydrogen-bond donors (Lipinski definition) is 1. The van der Waals surface area contributed by atoms with Crippen LogP contribution in [0.15, 0.2) is 96.4 Å². The molecule has 232 valence electrons. The lowest BCUT2D eigenvalue weighted by Crippen LogP contribution is -2.72. The second kappa shape index (κ2) is 12.8. The van der Waals surface area contributed by atoms with Gasteiger partial charge >= 0.3 is 0 Å². The molecule has 3 aromatic rings. The summed E-state index contributed by atoms with van der Waals surface area (Å²) in [6.45, 7) is 9.45. The first kappa shape index (κ1) is 31.8. The van der Waals surface area contributed by atoms with E-state index in [2.05, 4.69) is 15.3 Å². The topological polar surface area (TPSA) is 112 Å². The molecule has 0 saturated heterocycles. The fraction of sp³-hybridized carbons (Fsp3) is 0.314. The van der Waals surface area contributed by atoms with Crippen LogP contribution in [0.5, 0.6) is 0 Å². The first-order valence-electron chi connectivity index (χ1n) is 14.9. The molecule has 2 aliphatic rings. The predicted octanol–water partition coefficient (Wildman–Crippen LogP) is 4.96. The summed E-state index contributed by atoms with van der Waals surface area (Å²) in [5, 5.41) is 3.19. The van der Waals surface area contributed by atoms with Crippen LogP contribution in [0.4, 0.5) is 0 Å². The molecule has 0 fully saturated rings. The Balaban J connectivity index is 1.79. The van der Waals surface area contributed by atoms with Crippen molar-refractivity contribution in [2.24, 2.45) is 10.9 Å². The van der Waals surface area contributed by atoms with E-state index in [-0.39, 0.29) is 28.0 Å². The summed E-state index contributed by atoms with van der Waals surface area (Å²) in [4.78, 5) is 68.7. The van der Waals surface area contributed by atoms with E-state index in [0.717, 1.165) is 5.56 Å². The molecule has 0 unspecified atom stereocenters. The van der Waals surface area contributed by atoms with Crippen molar-refractivity contribution in [3.63, 3.8) is 0 Å². The van der Waals surface area contributed by atoms with Crippen molar-refractivity contribution in [3.05, 3.63) is 108 Å². The molecule has 0 saturated carbocycles. The Labute approximate surface area is 267 Å². The fourth-order valence-electron chi connectivity index (χ4n) is 5.76. The monoisotopic (exact) mass is 623 g/mol. The van der Waals surface area contributed by atoms with E-state index < -0.39 is 29.3 Å². The fourth-order valence-corrected chi connectivity index (χ4v) is 6.81. The van der Waals surface area contributed by atoms with Crippen LogP contribution >= 0.6 is 11.8 Å². The van der Waals surface area contributed by atoms with Crippen molar-refractivity contribution in [2.75, 3.05) is 6.54 Å². The summed E-state index contributed by atoms with van der Waals surface area (Å²) in [7, 11) is 0. The zero-order valence-corrected chi connectivity index (χ0v) is 26.9. The van der Waals surface area contributed by atoms with E-state index in [9.17, 15) is 14.4 Å². The third-order valence-electron chi connectivity index (χ3n) is 7.75. The summed E-state index contributed by atoms with van der Waals surface area (Å²) in [5.74, 6) is -2.19. The number of aromatic nitrogens is 1. The zero-order valence-electron chi connectivity index (χ0n) is 26.1. The second-order valence-corrected chi connectivity index (χ2v) is 13.9. The number of amides is 3. The molecule has 0 spiro atoms. The van der Waals surface area contributed by atoms with Crippen LogP contribution in [-0.2, 0) is 20.8 Å². The summed E-state index contributed by atoms with van der Waals surface area (Å²) >= 11 is 1.33. The summed E-state index contributed by atoms with van der Waals surface area (Å²) in [5.41, 5.74) is 0.113. The van der Waals surface area contributed by atoms with Gasteiger partial charge in [-0.1, -0.05) is 86.3 Å². The third kappa shape index (κ3) is 6.47. The van der Waals surface area contributed by atoms with E-state index in [1.807, 2.05) is 88.4 Å². The third-order valence-corrected chi connectivity index (χ3v) is 8.94. The molecule has 2 aromatic carbocycles. The molecule has 0 radical (unpaired) electrons. The van der Waals surface area contributed by atoms with Gasteiger partial charge in [-0.25, -0.2) is 0 Å². The van der Waals surface area contributed by atoms with Crippen molar-refractivity contribution in [1.82, 2.24) is 20.1 Å². The second-order valence-electron chi connectivity index (χ2n) is 12.2. The maximum absolute atomic E-state index is 15.1. The molecule has 3 heterocycles. The average molecular weight is 624 g/mol. The first-order chi connectivity index (χ1) is 21.4. The molecule has 1 N–H and O–H groups in total. The average Bonchev–Trinajstić information content (AvgIpc) is 3.39. The Morgan fingerprint density at radius 3 is 2.18 bits per heavy atom. The number of benzene rings is 2. The highest BCUT2D eigenvalue weighted by molar-refractivity contribution is 8.17. The minimum absolute atomic E-state index is 0.0225. The van der Waals surface area contributed by atoms with Crippen molar-refractivity contribution < 1.29 is 19.2 Å². The minimum Gasteiger partial charge on any atom is -0.326 e. The van der Waals surface area contributed by atoms with Crippen LogP contribution in [-0.4, -0.2) is 66.3 Å². The number of hydrogen-bond acceptors (Lipinski definition) is 7. The first-order valence-corrected chi connectivity index (χ1v) is 15.7. The Bertz CT molecular complexity index is 1660. The Kier molecular flexibility index (Phi) is 9.06. The lowest BCUT2D eigenvalue weighted by molar-refractivity contribution is -0.148. The molecular formula is C35H37N5O4S. The van der Waals surface area contributed by atoms with Gasteiger partial charge in [-0.05, 0) is 43.0 Å². The van der Waals surface area contributed by atoms with Gasteiger partial charge in [0.1, 0.15) is 11.1 Å². The number of nitrogens with one attached hydrogen (secondary N) is 1. The van der Waals surface area contributed by atoms with Crippen LogP contribution in [0.2, 0.25) is 0 Å². The number of rotatable bonds is 9. The molecule has 3 amide bonds. The number of carbonyl (C=O) groups excluding carboxylic acids is 4. The van der Waals surface area contributed by atoms with Crippen molar-refractivity contribution in [3.8, 4) is 0 Å². The van der Waals surface area contributed by atoms with Gasteiger partial charge in [-0.3, -0.25) is 34.1 Å². The number of Topliss-reactive ketones (excluding diaryl/α,β-unsaturated/α-hetero) is 1. The highest BCUT2D eigenvalue weighted by Crippen LogP contribution is 2.40. The maximum atomic E-state index is 15.1. The number of aliphatic imine (C=N–C) groups is 1. The molecule has 2 atom stereocenters. The van der Waals surface area contributed by atoms with Gasteiger partial charge in [0.05, 0.1) is 12.2 Å². The van der Waals surface area contributed by atoms with E-state index >= 15 is 4.79 Å². The summed E-state index contributed by atoms with van der Waals surface area (Å²) in [6, 6.07) is 20.6. The van der Waals surface area contributed by atoms with Gasteiger partial charge in [0.2, 0.25) is 11.7 Å². The predicted molar refractivity (Wildman–Crippen MR) is 176 cm³/mol. The largest absolute Gasteiger partial charge is 0.326 e. The smallest absolute Gasteiger partial charge is 0.258 e. The van der Waals surface area contributed by atoms with E-state index in [1.165, 1.54) is 40.9 Å². The van der Waals surface area contributed by atoms with Crippen molar-refractivity contribution in [2.45, 2.75) is 57.5 Å². The zero-order chi connectivity index (χ0) is 32.4. The van der Waals surface area contributed by atoms with Gasteiger partial charge < -0.3 is 10.2 Å². The number of pyridine rings is 1. The minimum atomic E-state index is -1.89. The number of thioether (sulfide) groups is 1. The molecule has 5 rings (SSSR count). The Morgan fingerprint density at radius 2 is 1.62 bits per heavy atom. The molecule has 9 nitrogen and oxygen atoms in total. The Morgan fingerprint density at radius 1 is 1.00 bits per heavy atom. The number of carbonyl (C=O) groups is 4. The molecule has 45 heavy (non-hydrogen) atoms. The van der Waals surface area contributed by atoms with Gasteiger partial charge in [0.25, 0.3) is 11.8 Å². The molecule has 2 aliphatic heterocycles. The van der Waals surface area contributed by atoms with E-state index in [0.29, 0.717) is 23.4 Å². The molecular weight excluding hydrogens is 586 g/mol. The van der Waals surface area contributed by atoms with E-state index in [1.54, 1.807) is 18.3 Å². The summed E-state index contributed by atoms with van der Waals surface area (Å²) in [6.07, 6.45) is 4.66. The maximum Gasteiger partial charge on any atom is 0.258 e. The van der Waals surface area contributed by atoms with Gasteiger partial charge in [-0.15, -0.1) is 0 Å².